The van der Waals surface area contributed by atoms with Gasteiger partial charge in [-0.25, -0.2) is 4.39 Å². The Hall–Kier alpha value is -2.71. The average Bonchev–Trinajstić information content (AvgIpc) is 2.48. The van der Waals surface area contributed by atoms with Gasteiger partial charge >= 0.3 is 12.1 Å². The van der Waals surface area contributed by atoms with E-state index in [9.17, 15) is 27.2 Å². The normalized spacial score (nSPS) is 11.5. The minimum Gasteiger partial charge on any atom is -0.480 e. The van der Waals surface area contributed by atoms with Crippen LogP contribution >= 0.6 is 0 Å². The highest BCUT2D eigenvalue weighted by molar-refractivity contribution is 5.66. The molecule has 0 spiro atoms. The third-order valence-electron chi connectivity index (χ3n) is 3.40. The van der Waals surface area contributed by atoms with E-state index in [1.54, 1.807) is 0 Å². The molecule has 0 aliphatic rings. The minimum atomic E-state index is -4.60. The molecule has 0 radical (unpaired) electrons. The van der Waals surface area contributed by atoms with Crippen molar-refractivity contribution in [2.45, 2.75) is 32.0 Å². The molecule has 0 saturated carbocycles. The van der Waals surface area contributed by atoms with Crippen LogP contribution in [0.15, 0.2) is 35.3 Å². The van der Waals surface area contributed by atoms with Gasteiger partial charge < -0.3 is 9.67 Å². The maximum Gasteiger partial charge on any atom is 0.393 e. The molecular weight excluding hydrogens is 344 g/mol. The van der Waals surface area contributed by atoms with Gasteiger partial charge in [-0.1, -0.05) is 12.1 Å². The Bertz CT molecular complexity index is 814. The van der Waals surface area contributed by atoms with E-state index in [-0.39, 0.29) is 12.2 Å². The maximum absolute atomic E-state index is 12.9. The standard InChI is InChI=1S/C16H14F4N2O3/c17-12-4-1-10(2-5-12)3-6-13-21-15(25)11(7-16(18,19)20)8-22(13)9-14(23)24/h1-2,4-5,8H,3,6-7,9H2,(H,23,24). The van der Waals surface area contributed by atoms with Crippen LogP contribution in [0.1, 0.15) is 17.0 Å². The molecule has 0 fully saturated rings. The van der Waals surface area contributed by atoms with Gasteiger partial charge in [-0.3, -0.25) is 9.59 Å². The molecular formula is C16H14F4N2O3. The monoisotopic (exact) mass is 358 g/mol. The fourth-order valence-electron chi connectivity index (χ4n) is 2.30. The summed E-state index contributed by atoms with van der Waals surface area (Å²) in [6.45, 7) is -0.614. The first-order valence-electron chi connectivity index (χ1n) is 7.26. The second-order valence-electron chi connectivity index (χ2n) is 5.43. The molecule has 134 valence electrons. The van der Waals surface area contributed by atoms with Crippen LogP contribution in [-0.4, -0.2) is 26.8 Å². The van der Waals surface area contributed by atoms with Crippen LogP contribution in [0.25, 0.3) is 0 Å². The van der Waals surface area contributed by atoms with Gasteiger partial charge in [0.25, 0.3) is 5.56 Å². The lowest BCUT2D eigenvalue weighted by Crippen LogP contribution is -2.27. The lowest BCUT2D eigenvalue weighted by molar-refractivity contribution is -0.137. The molecule has 5 nitrogen and oxygen atoms in total. The van der Waals surface area contributed by atoms with Gasteiger partial charge in [-0.15, -0.1) is 0 Å². The Morgan fingerprint density at radius 1 is 1.16 bits per heavy atom. The number of carboxylic acid groups (broad SMARTS) is 1. The zero-order valence-electron chi connectivity index (χ0n) is 12.9. The van der Waals surface area contributed by atoms with Crippen molar-refractivity contribution in [1.82, 2.24) is 9.55 Å². The summed E-state index contributed by atoms with van der Waals surface area (Å²) in [4.78, 5) is 26.3. The number of hydrogen-bond donors (Lipinski definition) is 1. The first-order valence-corrected chi connectivity index (χ1v) is 7.26. The third-order valence-corrected chi connectivity index (χ3v) is 3.40. The van der Waals surface area contributed by atoms with Crippen LogP contribution in [0.4, 0.5) is 17.6 Å². The number of aliphatic carboxylic acids is 1. The Labute approximate surface area is 139 Å². The number of alkyl halides is 3. The van der Waals surface area contributed by atoms with E-state index >= 15 is 0 Å². The van der Waals surface area contributed by atoms with E-state index in [2.05, 4.69) is 4.98 Å². The van der Waals surface area contributed by atoms with E-state index in [0.717, 1.165) is 16.3 Å². The van der Waals surface area contributed by atoms with Crippen LogP contribution < -0.4 is 5.56 Å². The van der Waals surface area contributed by atoms with Crippen molar-refractivity contribution in [2.75, 3.05) is 0 Å². The average molecular weight is 358 g/mol. The van der Waals surface area contributed by atoms with E-state index in [4.69, 9.17) is 5.11 Å². The zero-order valence-corrected chi connectivity index (χ0v) is 12.9. The lowest BCUT2D eigenvalue weighted by atomic mass is 10.1. The predicted molar refractivity (Wildman–Crippen MR) is 79.7 cm³/mol. The molecule has 1 aromatic carbocycles. The zero-order chi connectivity index (χ0) is 18.6. The van der Waals surface area contributed by atoms with Gasteiger partial charge in [0.1, 0.15) is 18.2 Å². The SMILES string of the molecule is O=C(O)Cn1cc(CC(F)(F)F)c(=O)nc1CCc1ccc(F)cc1. The molecule has 9 heteroatoms. The molecule has 0 bridgehead atoms. The van der Waals surface area contributed by atoms with Crippen molar-refractivity contribution in [2.24, 2.45) is 0 Å². The predicted octanol–water partition coefficient (Wildman–Crippen LogP) is 2.36. The first kappa shape index (κ1) is 18.6. The number of hydrogen-bond acceptors (Lipinski definition) is 3. The summed E-state index contributed by atoms with van der Waals surface area (Å²) in [5, 5.41) is 8.91. The summed E-state index contributed by atoms with van der Waals surface area (Å²) >= 11 is 0. The summed E-state index contributed by atoms with van der Waals surface area (Å²) in [5.41, 5.74) is -0.927. The highest BCUT2D eigenvalue weighted by Gasteiger charge is 2.30. The first-order chi connectivity index (χ1) is 11.6. The fourth-order valence-corrected chi connectivity index (χ4v) is 2.30. The van der Waals surface area contributed by atoms with Crippen molar-refractivity contribution in [1.29, 1.82) is 0 Å². The van der Waals surface area contributed by atoms with Crippen molar-refractivity contribution in [3.8, 4) is 0 Å². The van der Waals surface area contributed by atoms with E-state index in [1.807, 2.05) is 0 Å². The molecule has 0 amide bonds. The van der Waals surface area contributed by atoms with Gasteiger partial charge in [0.15, 0.2) is 0 Å². The highest BCUT2D eigenvalue weighted by Crippen LogP contribution is 2.19. The highest BCUT2D eigenvalue weighted by atomic mass is 19.4. The minimum absolute atomic E-state index is 0.0580. The van der Waals surface area contributed by atoms with Gasteiger partial charge in [-0.2, -0.15) is 18.2 Å². The quantitative estimate of drug-likeness (QED) is 0.805. The number of carboxylic acids is 1. The molecule has 25 heavy (non-hydrogen) atoms. The van der Waals surface area contributed by atoms with Gasteiger partial charge in [0, 0.05) is 18.2 Å². The Morgan fingerprint density at radius 2 is 1.80 bits per heavy atom. The Kier molecular flexibility index (Phi) is 5.55. The molecule has 1 N–H and O–H groups in total. The molecule has 0 unspecified atom stereocenters. The van der Waals surface area contributed by atoms with Gasteiger partial charge in [0.05, 0.1) is 6.42 Å². The summed E-state index contributed by atoms with van der Waals surface area (Å²) in [7, 11) is 0. The largest absolute Gasteiger partial charge is 0.480 e. The fraction of sp³-hybridized carbons (Fsp3) is 0.312. The van der Waals surface area contributed by atoms with E-state index < -0.39 is 42.1 Å². The topological polar surface area (TPSA) is 72.2 Å². The van der Waals surface area contributed by atoms with Gasteiger partial charge in [-0.05, 0) is 24.1 Å². The molecule has 1 aromatic heterocycles. The Morgan fingerprint density at radius 3 is 2.36 bits per heavy atom. The summed E-state index contributed by atoms with van der Waals surface area (Å²) in [6.07, 6.45) is -4.74. The van der Waals surface area contributed by atoms with Gasteiger partial charge in [0.2, 0.25) is 0 Å². The van der Waals surface area contributed by atoms with Crippen molar-refractivity contribution >= 4 is 5.97 Å². The van der Waals surface area contributed by atoms with Crippen molar-refractivity contribution in [3.63, 3.8) is 0 Å². The van der Waals surface area contributed by atoms with Crippen molar-refractivity contribution < 1.29 is 27.5 Å². The van der Waals surface area contributed by atoms with E-state index in [1.165, 1.54) is 24.3 Å². The lowest BCUT2D eigenvalue weighted by Gasteiger charge is -2.13. The number of rotatable bonds is 6. The number of halogens is 4. The van der Waals surface area contributed by atoms with Crippen LogP contribution in [-0.2, 0) is 30.6 Å². The number of aryl methyl sites for hydroxylation is 2. The molecule has 2 rings (SSSR count). The molecule has 1 heterocycles. The molecule has 0 aliphatic carbocycles. The number of benzene rings is 1. The second-order valence-corrected chi connectivity index (χ2v) is 5.43. The summed E-state index contributed by atoms with van der Waals surface area (Å²) in [6, 6.07) is 5.54. The van der Waals surface area contributed by atoms with E-state index in [0.29, 0.717) is 6.42 Å². The molecule has 0 aliphatic heterocycles. The second kappa shape index (κ2) is 7.45. The smallest absolute Gasteiger partial charge is 0.393 e. The number of aromatic nitrogens is 2. The Balaban J connectivity index is 2.28. The molecule has 2 aromatic rings. The van der Waals surface area contributed by atoms with Crippen molar-refractivity contribution in [3.05, 3.63) is 63.6 Å². The third kappa shape index (κ3) is 5.70. The summed E-state index contributed by atoms with van der Waals surface area (Å²) in [5.74, 6) is -1.63. The molecule has 0 atom stereocenters. The van der Waals surface area contributed by atoms with Crippen LogP contribution in [0.3, 0.4) is 0 Å². The maximum atomic E-state index is 12.9. The van der Waals surface area contributed by atoms with Crippen LogP contribution in [0.5, 0.6) is 0 Å². The van der Waals surface area contributed by atoms with Crippen LogP contribution in [0, 0.1) is 5.82 Å². The number of nitrogens with zero attached hydrogens (tertiary/aromatic N) is 2. The summed E-state index contributed by atoms with van der Waals surface area (Å²) < 4.78 is 51.4. The molecule has 0 saturated heterocycles. The van der Waals surface area contributed by atoms with Crippen LogP contribution in [0.2, 0.25) is 0 Å². The number of carbonyl (C=O) groups is 1.